The molecule has 1 amide bonds. The van der Waals surface area contributed by atoms with Crippen LogP contribution in [0.2, 0.25) is 0 Å². The topological polar surface area (TPSA) is 61.8 Å². The number of hydrogen-bond donors (Lipinski definition) is 2. The molecule has 1 fully saturated rings. The van der Waals surface area contributed by atoms with Crippen LogP contribution in [0.5, 0.6) is 11.5 Å². The molecule has 1 aliphatic rings. The Morgan fingerprint density at radius 1 is 1.43 bits per heavy atom. The van der Waals surface area contributed by atoms with Gasteiger partial charge in [-0.25, -0.2) is 0 Å². The zero-order valence-electron chi connectivity index (χ0n) is 12.8. The normalized spacial score (nSPS) is 16.7. The van der Waals surface area contributed by atoms with Crippen LogP contribution in [-0.2, 0) is 0 Å². The van der Waals surface area contributed by atoms with Crippen LogP contribution in [-0.4, -0.2) is 48.7 Å². The first kappa shape index (κ1) is 15.6. The summed E-state index contributed by atoms with van der Waals surface area (Å²) in [5.74, 6) is -0.0123. The number of carbonyl (C=O) groups excluding carboxylic acids is 1. The van der Waals surface area contributed by atoms with Crippen molar-refractivity contribution in [2.75, 3.05) is 26.7 Å². The van der Waals surface area contributed by atoms with Crippen molar-refractivity contribution in [3.8, 4) is 11.5 Å². The van der Waals surface area contributed by atoms with Crippen LogP contribution < -0.4 is 10.1 Å². The molecule has 0 aliphatic carbocycles. The molecule has 1 aromatic rings. The number of benzene rings is 1. The number of methoxy groups -OCH3 is 1. The molecule has 21 heavy (non-hydrogen) atoms. The zero-order chi connectivity index (χ0) is 15.2. The Labute approximate surface area is 125 Å². The van der Waals surface area contributed by atoms with Gasteiger partial charge in [0.05, 0.1) is 12.7 Å². The summed E-state index contributed by atoms with van der Waals surface area (Å²) in [6.07, 6.45) is 3.07. The van der Waals surface area contributed by atoms with E-state index in [1.54, 1.807) is 18.2 Å². The van der Waals surface area contributed by atoms with E-state index in [-0.39, 0.29) is 23.3 Å². The predicted octanol–water partition coefficient (Wildman–Crippen LogP) is 2.00. The molecule has 5 heteroatoms. The Morgan fingerprint density at radius 3 is 2.76 bits per heavy atom. The van der Waals surface area contributed by atoms with Gasteiger partial charge < -0.3 is 20.1 Å². The number of nitrogens with zero attached hydrogens (tertiary/aromatic N) is 1. The van der Waals surface area contributed by atoms with Gasteiger partial charge in [-0.1, -0.05) is 13.0 Å². The van der Waals surface area contributed by atoms with Gasteiger partial charge in [0, 0.05) is 19.1 Å². The molecule has 116 valence electrons. The third kappa shape index (κ3) is 3.88. The van der Waals surface area contributed by atoms with E-state index in [0.717, 1.165) is 38.9 Å². The van der Waals surface area contributed by atoms with Crippen LogP contribution in [0.4, 0.5) is 0 Å². The van der Waals surface area contributed by atoms with Crippen molar-refractivity contribution in [3.63, 3.8) is 0 Å². The first-order valence-corrected chi connectivity index (χ1v) is 7.55. The Kier molecular flexibility index (Phi) is 5.44. The summed E-state index contributed by atoms with van der Waals surface area (Å²) in [7, 11) is 1.47. The lowest BCUT2D eigenvalue weighted by atomic mass is 10.0. The van der Waals surface area contributed by atoms with E-state index in [0.29, 0.717) is 5.75 Å². The first-order chi connectivity index (χ1) is 10.2. The fraction of sp³-hybridized carbons (Fsp3) is 0.562. The number of rotatable bonds is 5. The highest BCUT2D eigenvalue weighted by Crippen LogP contribution is 2.29. The summed E-state index contributed by atoms with van der Waals surface area (Å²) in [6.45, 7) is 5.34. The maximum atomic E-state index is 12.3. The monoisotopic (exact) mass is 292 g/mol. The standard InChI is InChI=1S/C16H24N2O3/c1-3-9-18-10-7-12(8-11-18)17-16(20)13-5-4-6-14(21-2)15(13)19/h4-6,12,19H,3,7-11H2,1-2H3,(H,17,20). The third-order valence-corrected chi connectivity index (χ3v) is 3.93. The van der Waals surface area contributed by atoms with Gasteiger partial charge in [-0.2, -0.15) is 0 Å². The molecule has 1 heterocycles. The first-order valence-electron chi connectivity index (χ1n) is 7.55. The third-order valence-electron chi connectivity index (χ3n) is 3.93. The molecule has 2 rings (SSSR count). The van der Waals surface area contributed by atoms with Crippen molar-refractivity contribution in [1.82, 2.24) is 10.2 Å². The van der Waals surface area contributed by atoms with Crippen LogP contribution in [0.3, 0.4) is 0 Å². The van der Waals surface area contributed by atoms with Gasteiger partial charge in [0.1, 0.15) is 0 Å². The summed E-state index contributed by atoms with van der Waals surface area (Å²) in [4.78, 5) is 14.7. The second kappa shape index (κ2) is 7.31. The van der Waals surface area contributed by atoms with Gasteiger partial charge in [-0.15, -0.1) is 0 Å². The van der Waals surface area contributed by atoms with Gasteiger partial charge in [0.2, 0.25) is 0 Å². The minimum Gasteiger partial charge on any atom is -0.504 e. The molecule has 1 saturated heterocycles. The Hall–Kier alpha value is -1.75. The highest BCUT2D eigenvalue weighted by Gasteiger charge is 2.22. The molecule has 0 saturated carbocycles. The van der Waals surface area contributed by atoms with Crippen molar-refractivity contribution in [1.29, 1.82) is 0 Å². The summed E-state index contributed by atoms with van der Waals surface area (Å²) in [5.41, 5.74) is 0.269. The second-order valence-corrected chi connectivity index (χ2v) is 5.45. The number of nitrogens with one attached hydrogen (secondary N) is 1. The molecule has 0 spiro atoms. The number of likely N-dealkylation sites (tertiary alicyclic amines) is 1. The second-order valence-electron chi connectivity index (χ2n) is 5.45. The van der Waals surface area contributed by atoms with Crippen LogP contribution in [0, 0.1) is 0 Å². The van der Waals surface area contributed by atoms with E-state index in [2.05, 4.69) is 17.1 Å². The number of carbonyl (C=O) groups is 1. The van der Waals surface area contributed by atoms with Gasteiger partial charge in [0.25, 0.3) is 5.91 Å². The predicted molar refractivity (Wildman–Crippen MR) is 81.9 cm³/mol. The molecule has 0 bridgehead atoms. The van der Waals surface area contributed by atoms with Gasteiger partial charge in [-0.3, -0.25) is 4.79 Å². The fourth-order valence-electron chi connectivity index (χ4n) is 2.75. The van der Waals surface area contributed by atoms with E-state index in [1.807, 2.05) is 0 Å². The minimum atomic E-state index is -0.236. The van der Waals surface area contributed by atoms with Gasteiger partial charge in [0.15, 0.2) is 11.5 Å². The molecule has 0 unspecified atom stereocenters. The average Bonchev–Trinajstić information content (AvgIpc) is 2.49. The number of piperidine rings is 1. The lowest BCUT2D eigenvalue weighted by Crippen LogP contribution is -2.44. The Bertz CT molecular complexity index is 482. The van der Waals surface area contributed by atoms with Gasteiger partial charge in [-0.05, 0) is 37.9 Å². The summed E-state index contributed by atoms with van der Waals surface area (Å²) < 4.78 is 5.03. The maximum absolute atomic E-state index is 12.3. The Morgan fingerprint density at radius 2 is 2.14 bits per heavy atom. The number of ether oxygens (including phenoxy) is 1. The van der Waals surface area contributed by atoms with Crippen molar-refractivity contribution in [3.05, 3.63) is 23.8 Å². The van der Waals surface area contributed by atoms with Crippen LogP contribution >= 0.6 is 0 Å². The molecule has 0 aromatic heterocycles. The van der Waals surface area contributed by atoms with E-state index >= 15 is 0 Å². The number of para-hydroxylation sites is 1. The van der Waals surface area contributed by atoms with E-state index < -0.39 is 0 Å². The fourth-order valence-corrected chi connectivity index (χ4v) is 2.75. The number of hydrogen-bond acceptors (Lipinski definition) is 4. The number of amides is 1. The van der Waals surface area contributed by atoms with E-state index in [9.17, 15) is 9.90 Å². The molecular weight excluding hydrogens is 268 g/mol. The smallest absolute Gasteiger partial charge is 0.255 e. The largest absolute Gasteiger partial charge is 0.504 e. The lowest BCUT2D eigenvalue weighted by molar-refractivity contribution is 0.0908. The number of phenols is 1. The molecule has 1 aliphatic heterocycles. The molecule has 5 nitrogen and oxygen atoms in total. The quantitative estimate of drug-likeness (QED) is 0.871. The van der Waals surface area contributed by atoms with Crippen LogP contribution in [0.1, 0.15) is 36.5 Å². The molecular formula is C16H24N2O3. The summed E-state index contributed by atoms with van der Waals surface area (Å²) >= 11 is 0. The summed E-state index contributed by atoms with van der Waals surface area (Å²) in [6, 6.07) is 5.13. The molecule has 1 aromatic carbocycles. The SMILES string of the molecule is CCCN1CCC(NC(=O)c2cccc(OC)c2O)CC1. The van der Waals surface area contributed by atoms with E-state index in [4.69, 9.17) is 4.74 Å². The highest BCUT2D eigenvalue weighted by molar-refractivity contribution is 5.97. The van der Waals surface area contributed by atoms with Crippen molar-refractivity contribution < 1.29 is 14.6 Å². The molecule has 2 N–H and O–H groups in total. The zero-order valence-corrected chi connectivity index (χ0v) is 12.8. The molecule has 0 radical (unpaired) electrons. The van der Waals surface area contributed by atoms with Crippen molar-refractivity contribution >= 4 is 5.91 Å². The number of phenolic OH excluding ortho intramolecular Hbond substituents is 1. The van der Waals surface area contributed by atoms with Crippen molar-refractivity contribution in [2.24, 2.45) is 0 Å². The summed E-state index contributed by atoms with van der Waals surface area (Å²) in [5, 5.41) is 13.0. The average molecular weight is 292 g/mol. The number of aromatic hydroxyl groups is 1. The lowest BCUT2D eigenvalue weighted by Gasteiger charge is -2.32. The maximum Gasteiger partial charge on any atom is 0.255 e. The van der Waals surface area contributed by atoms with E-state index in [1.165, 1.54) is 7.11 Å². The van der Waals surface area contributed by atoms with Crippen molar-refractivity contribution in [2.45, 2.75) is 32.2 Å². The molecule has 0 atom stereocenters. The van der Waals surface area contributed by atoms with Crippen LogP contribution in [0.15, 0.2) is 18.2 Å². The highest BCUT2D eigenvalue weighted by atomic mass is 16.5. The van der Waals surface area contributed by atoms with Crippen LogP contribution in [0.25, 0.3) is 0 Å². The Balaban J connectivity index is 1.94. The minimum absolute atomic E-state index is 0.0964. The van der Waals surface area contributed by atoms with Gasteiger partial charge >= 0.3 is 0 Å².